The molecule has 0 saturated carbocycles. The van der Waals surface area contributed by atoms with Crippen LogP contribution in [0.4, 0.5) is 11.7 Å². The summed E-state index contributed by atoms with van der Waals surface area (Å²) in [6, 6.07) is 13.9. The number of aromatic nitrogens is 1. The first-order valence-electron chi connectivity index (χ1n) is 6.77. The van der Waals surface area contributed by atoms with Crippen molar-refractivity contribution in [2.24, 2.45) is 0 Å². The number of benzene rings is 2. The van der Waals surface area contributed by atoms with Crippen molar-refractivity contribution in [2.45, 2.75) is 6.42 Å². The van der Waals surface area contributed by atoms with E-state index in [2.05, 4.69) is 16.4 Å². The second kappa shape index (κ2) is 5.75. The van der Waals surface area contributed by atoms with E-state index in [9.17, 15) is 0 Å². The lowest BCUT2D eigenvalue weighted by Crippen LogP contribution is -2.05. The van der Waals surface area contributed by atoms with Crippen LogP contribution < -0.4 is 15.8 Å². The Bertz CT molecular complexity index is 752. The molecule has 1 heterocycles. The maximum atomic E-state index is 5.72. The largest absolute Gasteiger partial charge is 0.497 e. The molecule has 0 aliphatic carbocycles. The van der Waals surface area contributed by atoms with Crippen LogP contribution in [0.2, 0.25) is 0 Å². The van der Waals surface area contributed by atoms with Gasteiger partial charge in [0.15, 0.2) is 5.58 Å². The molecule has 0 aliphatic heterocycles. The number of oxazole rings is 1. The van der Waals surface area contributed by atoms with Gasteiger partial charge in [0.1, 0.15) is 11.3 Å². The van der Waals surface area contributed by atoms with Crippen molar-refractivity contribution >= 4 is 22.8 Å². The van der Waals surface area contributed by atoms with Crippen molar-refractivity contribution in [3.63, 3.8) is 0 Å². The fourth-order valence-corrected chi connectivity index (χ4v) is 2.16. The number of methoxy groups -OCH3 is 1. The second-order valence-electron chi connectivity index (χ2n) is 4.77. The molecule has 0 atom stereocenters. The first-order valence-corrected chi connectivity index (χ1v) is 6.77. The zero-order valence-corrected chi connectivity index (χ0v) is 11.8. The highest BCUT2D eigenvalue weighted by Gasteiger charge is 2.05. The molecule has 0 radical (unpaired) electrons. The summed E-state index contributed by atoms with van der Waals surface area (Å²) in [6.45, 7) is 0.732. The van der Waals surface area contributed by atoms with Crippen molar-refractivity contribution in [3.8, 4) is 5.75 Å². The van der Waals surface area contributed by atoms with Crippen LogP contribution in [0.3, 0.4) is 0 Å². The Labute approximate surface area is 122 Å². The van der Waals surface area contributed by atoms with Crippen LogP contribution in [0.5, 0.6) is 5.75 Å². The molecule has 108 valence electrons. The predicted molar refractivity (Wildman–Crippen MR) is 83.6 cm³/mol. The second-order valence-corrected chi connectivity index (χ2v) is 4.77. The van der Waals surface area contributed by atoms with Crippen molar-refractivity contribution in [2.75, 3.05) is 24.7 Å². The molecule has 3 rings (SSSR count). The quantitative estimate of drug-likeness (QED) is 0.704. The van der Waals surface area contributed by atoms with Gasteiger partial charge in [-0.15, -0.1) is 0 Å². The standard InChI is InChI=1S/C16H17N3O2/c1-20-13-4-2-3-11(9-13)7-8-18-16-19-14-6-5-12(17)10-15(14)21-16/h2-6,9-10H,7-8,17H2,1H3,(H,18,19). The number of hydrogen-bond acceptors (Lipinski definition) is 5. The summed E-state index contributed by atoms with van der Waals surface area (Å²) in [5.74, 6) is 0.866. The summed E-state index contributed by atoms with van der Waals surface area (Å²) < 4.78 is 10.8. The number of nitrogens with two attached hydrogens (primary N) is 1. The summed E-state index contributed by atoms with van der Waals surface area (Å²) in [5, 5.41) is 3.18. The highest BCUT2D eigenvalue weighted by molar-refractivity contribution is 5.78. The Kier molecular flexibility index (Phi) is 3.64. The first-order chi connectivity index (χ1) is 10.2. The van der Waals surface area contributed by atoms with Crippen LogP contribution in [0.25, 0.3) is 11.1 Å². The predicted octanol–water partition coefficient (Wildman–Crippen LogP) is 3.07. The van der Waals surface area contributed by atoms with Crippen LogP contribution in [0.1, 0.15) is 5.56 Å². The lowest BCUT2D eigenvalue weighted by atomic mass is 10.1. The maximum Gasteiger partial charge on any atom is 0.295 e. The molecule has 3 aromatic rings. The molecular weight excluding hydrogens is 266 g/mol. The van der Waals surface area contributed by atoms with Gasteiger partial charge in [-0.25, -0.2) is 0 Å². The van der Waals surface area contributed by atoms with E-state index >= 15 is 0 Å². The highest BCUT2D eigenvalue weighted by atomic mass is 16.5. The average molecular weight is 283 g/mol. The van der Waals surface area contributed by atoms with Gasteiger partial charge in [0, 0.05) is 18.3 Å². The molecule has 0 saturated heterocycles. The average Bonchev–Trinajstić information content (AvgIpc) is 2.89. The number of nitrogens with one attached hydrogen (secondary N) is 1. The number of nitrogen functional groups attached to an aromatic ring is 1. The third-order valence-corrected chi connectivity index (χ3v) is 3.24. The van der Waals surface area contributed by atoms with E-state index in [4.69, 9.17) is 14.9 Å². The molecule has 5 heteroatoms. The Hall–Kier alpha value is -2.69. The van der Waals surface area contributed by atoms with E-state index < -0.39 is 0 Å². The van der Waals surface area contributed by atoms with Gasteiger partial charge >= 0.3 is 0 Å². The van der Waals surface area contributed by atoms with Crippen molar-refractivity contribution in [1.82, 2.24) is 4.98 Å². The molecule has 0 unspecified atom stereocenters. The Balaban J connectivity index is 1.63. The highest BCUT2D eigenvalue weighted by Crippen LogP contribution is 2.21. The Morgan fingerprint density at radius 1 is 1.24 bits per heavy atom. The molecule has 21 heavy (non-hydrogen) atoms. The molecule has 0 bridgehead atoms. The fraction of sp³-hybridized carbons (Fsp3) is 0.188. The van der Waals surface area contributed by atoms with E-state index in [1.807, 2.05) is 30.3 Å². The van der Waals surface area contributed by atoms with Crippen LogP contribution in [-0.2, 0) is 6.42 Å². The van der Waals surface area contributed by atoms with Gasteiger partial charge in [-0.05, 0) is 36.2 Å². The summed E-state index contributed by atoms with van der Waals surface area (Å²) in [6.07, 6.45) is 0.859. The molecule has 0 spiro atoms. The summed E-state index contributed by atoms with van der Waals surface area (Å²) in [4.78, 5) is 4.36. The fourth-order valence-electron chi connectivity index (χ4n) is 2.16. The summed E-state index contributed by atoms with van der Waals surface area (Å²) in [5.41, 5.74) is 9.07. The first kappa shape index (κ1) is 13.3. The zero-order valence-electron chi connectivity index (χ0n) is 11.8. The van der Waals surface area contributed by atoms with Crippen LogP contribution in [0, 0.1) is 0 Å². The SMILES string of the molecule is COc1cccc(CCNc2nc3ccc(N)cc3o2)c1. The minimum Gasteiger partial charge on any atom is -0.497 e. The number of hydrogen-bond donors (Lipinski definition) is 2. The van der Waals surface area contributed by atoms with Gasteiger partial charge < -0.3 is 20.2 Å². The van der Waals surface area contributed by atoms with Gasteiger partial charge in [0.2, 0.25) is 0 Å². The van der Waals surface area contributed by atoms with E-state index in [0.717, 1.165) is 24.2 Å². The molecule has 0 fully saturated rings. The number of nitrogens with zero attached hydrogens (tertiary/aromatic N) is 1. The van der Waals surface area contributed by atoms with Crippen LogP contribution in [0.15, 0.2) is 46.9 Å². The number of ether oxygens (including phenoxy) is 1. The third-order valence-electron chi connectivity index (χ3n) is 3.24. The molecule has 3 N–H and O–H groups in total. The van der Waals surface area contributed by atoms with Crippen molar-refractivity contribution in [1.29, 1.82) is 0 Å². The molecule has 5 nitrogen and oxygen atoms in total. The molecule has 0 amide bonds. The van der Waals surface area contributed by atoms with E-state index in [1.54, 1.807) is 13.2 Å². The lowest BCUT2D eigenvalue weighted by molar-refractivity contribution is 0.414. The summed E-state index contributed by atoms with van der Waals surface area (Å²) >= 11 is 0. The molecule has 0 aliphatic rings. The minimum absolute atomic E-state index is 0.512. The van der Waals surface area contributed by atoms with Crippen molar-refractivity contribution in [3.05, 3.63) is 48.0 Å². The molecule has 2 aromatic carbocycles. The van der Waals surface area contributed by atoms with Crippen molar-refractivity contribution < 1.29 is 9.15 Å². The minimum atomic E-state index is 0.512. The van der Waals surface area contributed by atoms with Gasteiger partial charge in [-0.3, -0.25) is 0 Å². The number of rotatable bonds is 5. The lowest BCUT2D eigenvalue weighted by Gasteiger charge is -2.04. The normalized spacial score (nSPS) is 10.7. The maximum absolute atomic E-state index is 5.72. The van der Waals surface area contributed by atoms with E-state index in [1.165, 1.54) is 5.56 Å². The molecule has 1 aromatic heterocycles. The van der Waals surface area contributed by atoms with Crippen LogP contribution >= 0.6 is 0 Å². The van der Waals surface area contributed by atoms with Gasteiger partial charge in [-0.2, -0.15) is 4.98 Å². The Morgan fingerprint density at radius 3 is 3.00 bits per heavy atom. The van der Waals surface area contributed by atoms with Gasteiger partial charge in [-0.1, -0.05) is 12.1 Å². The van der Waals surface area contributed by atoms with E-state index in [-0.39, 0.29) is 0 Å². The monoisotopic (exact) mass is 283 g/mol. The smallest absolute Gasteiger partial charge is 0.295 e. The number of fused-ring (bicyclic) bond motifs is 1. The third kappa shape index (κ3) is 3.08. The van der Waals surface area contributed by atoms with Crippen LogP contribution in [-0.4, -0.2) is 18.6 Å². The number of anilines is 2. The summed E-state index contributed by atoms with van der Waals surface area (Å²) in [7, 11) is 1.67. The molecular formula is C16H17N3O2. The Morgan fingerprint density at radius 2 is 2.14 bits per heavy atom. The van der Waals surface area contributed by atoms with Gasteiger partial charge in [0.05, 0.1) is 7.11 Å². The van der Waals surface area contributed by atoms with E-state index in [0.29, 0.717) is 17.3 Å². The van der Waals surface area contributed by atoms with Gasteiger partial charge in [0.25, 0.3) is 6.01 Å². The zero-order chi connectivity index (χ0) is 14.7. The topological polar surface area (TPSA) is 73.3 Å².